The van der Waals surface area contributed by atoms with Crippen molar-refractivity contribution < 1.29 is 35.9 Å². The summed E-state index contributed by atoms with van der Waals surface area (Å²) in [7, 11) is 0. The summed E-state index contributed by atoms with van der Waals surface area (Å²) < 4.78 is 82.6. The van der Waals surface area contributed by atoms with Crippen LogP contribution in [0.3, 0.4) is 0 Å². The van der Waals surface area contributed by atoms with E-state index in [4.69, 9.17) is 5.73 Å². The zero-order valence-electron chi connectivity index (χ0n) is 21.6. The van der Waals surface area contributed by atoms with Crippen LogP contribution in [0.15, 0.2) is 78.9 Å². The molecular formula is C30H26F6N2O2. The van der Waals surface area contributed by atoms with E-state index < -0.39 is 58.7 Å². The third-order valence-electron chi connectivity index (χ3n) is 7.13. The molecule has 2 amide bonds. The summed E-state index contributed by atoms with van der Waals surface area (Å²) in [5, 5.41) is 0. The molecule has 3 aromatic rings. The van der Waals surface area contributed by atoms with Gasteiger partial charge in [-0.05, 0) is 48.2 Å². The van der Waals surface area contributed by atoms with E-state index in [9.17, 15) is 35.9 Å². The van der Waals surface area contributed by atoms with Gasteiger partial charge >= 0.3 is 12.4 Å². The van der Waals surface area contributed by atoms with Crippen LogP contribution in [-0.2, 0) is 21.9 Å². The number of nitrogens with two attached hydrogens (primary N) is 1. The Morgan fingerprint density at radius 2 is 1.55 bits per heavy atom. The van der Waals surface area contributed by atoms with E-state index in [2.05, 4.69) is 0 Å². The number of alkyl halides is 6. The molecule has 4 nitrogen and oxygen atoms in total. The molecule has 3 aromatic carbocycles. The van der Waals surface area contributed by atoms with E-state index in [-0.39, 0.29) is 6.07 Å². The fourth-order valence-electron chi connectivity index (χ4n) is 5.05. The van der Waals surface area contributed by atoms with Crippen molar-refractivity contribution in [1.29, 1.82) is 0 Å². The summed E-state index contributed by atoms with van der Waals surface area (Å²) in [6.07, 6.45) is -8.44. The molecule has 40 heavy (non-hydrogen) atoms. The third-order valence-corrected chi connectivity index (χ3v) is 7.13. The van der Waals surface area contributed by atoms with E-state index in [1.54, 1.807) is 61.5 Å². The molecule has 0 bridgehead atoms. The van der Waals surface area contributed by atoms with Gasteiger partial charge in [-0.15, -0.1) is 0 Å². The summed E-state index contributed by atoms with van der Waals surface area (Å²) >= 11 is 0. The van der Waals surface area contributed by atoms with Gasteiger partial charge in [-0.25, -0.2) is 0 Å². The molecule has 0 radical (unpaired) electrons. The first-order valence-electron chi connectivity index (χ1n) is 12.5. The third kappa shape index (κ3) is 5.48. The molecule has 0 aromatic heterocycles. The number of carbonyl (C=O) groups is 2. The molecule has 0 aliphatic carbocycles. The normalized spacial score (nSPS) is 17.5. The Morgan fingerprint density at radius 1 is 0.925 bits per heavy atom. The number of hydrogen-bond donors (Lipinski definition) is 1. The van der Waals surface area contributed by atoms with E-state index in [1.165, 1.54) is 11.0 Å². The number of carbonyl (C=O) groups excluding carboxylic acids is 2. The molecule has 2 N–H and O–H groups in total. The molecule has 4 rings (SSSR count). The molecule has 1 aliphatic rings. The maximum atomic E-state index is 14.2. The molecule has 1 heterocycles. The molecule has 0 saturated carbocycles. The summed E-state index contributed by atoms with van der Waals surface area (Å²) in [4.78, 5) is 28.5. The predicted molar refractivity (Wildman–Crippen MR) is 139 cm³/mol. The lowest BCUT2D eigenvalue weighted by Gasteiger charge is -2.33. The molecule has 2 unspecified atom stereocenters. The van der Waals surface area contributed by atoms with Crippen LogP contribution in [0.5, 0.6) is 0 Å². The summed E-state index contributed by atoms with van der Waals surface area (Å²) in [5.41, 5.74) is 3.86. The largest absolute Gasteiger partial charge is 0.416 e. The van der Waals surface area contributed by atoms with Gasteiger partial charge in [0, 0.05) is 11.6 Å². The molecule has 3 atom stereocenters. The highest BCUT2D eigenvalue weighted by atomic mass is 19.4. The smallest absolute Gasteiger partial charge is 0.369 e. The number of para-hydroxylation sites is 1. The number of amides is 2. The Kier molecular flexibility index (Phi) is 7.83. The van der Waals surface area contributed by atoms with Gasteiger partial charge in [-0.2, -0.15) is 26.3 Å². The minimum Gasteiger partial charge on any atom is -0.369 e. The van der Waals surface area contributed by atoms with Gasteiger partial charge in [0.2, 0.25) is 11.8 Å². The lowest BCUT2D eigenvalue weighted by atomic mass is 9.80. The first-order valence-corrected chi connectivity index (χ1v) is 12.5. The lowest BCUT2D eigenvalue weighted by Crippen LogP contribution is -2.45. The predicted octanol–water partition coefficient (Wildman–Crippen LogP) is 7.19. The lowest BCUT2D eigenvalue weighted by molar-refractivity contribution is -0.144. The van der Waals surface area contributed by atoms with Gasteiger partial charge in [-0.3, -0.25) is 9.59 Å². The van der Waals surface area contributed by atoms with Gasteiger partial charge in [0.25, 0.3) is 0 Å². The Bertz CT molecular complexity index is 1450. The Hall–Kier alpha value is -4.08. The fraction of sp³-hybridized carbons (Fsp3) is 0.267. The standard InChI is InChI=1S/C30H26F6N2O2/c1-3-17(2)38-25-12-8-7-11-20(25)22(18-9-5-4-6-10-18)16-23(28(38)40)26(27(37)39)21-14-13-19(29(31,32)33)15-24(21)30(34,35)36/h4-17,23,26H,3H2,1-2H3,(H2,37,39)/t17-,23?,26?/m0/s1. The van der Waals surface area contributed by atoms with Crippen LogP contribution < -0.4 is 10.6 Å². The highest BCUT2D eigenvalue weighted by Gasteiger charge is 2.45. The Labute approximate surface area is 227 Å². The summed E-state index contributed by atoms with van der Waals surface area (Å²) in [6.45, 7) is 3.59. The van der Waals surface area contributed by atoms with Crippen molar-refractivity contribution in [3.63, 3.8) is 0 Å². The number of anilines is 1. The van der Waals surface area contributed by atoms with Crippen molar-refractivity contribution in [2.75, 3.05) is 4.90 Å². The molecule has 10 heteroatoms. The number of rotatable bonds is 6. The van der Waals surface area contributed by atoms with Crippen LogP contribution in [-0.4, -0.2) is 17.9 Å². The average molecular weight is 561 g/mol. The number of fused-ring (bicyclic) bond motifs is 1. The van der Waals surface area contributed by atoms with Crippen molar-refractivity contribution in [2.45, 2.75) is 44.6 Å². The van der Waals surface area contributed by atoms with E-state index >= 15 is 0 Å². The van der Waals surface area contributed by atoms with Gasteiger partial charge in [0.05, 0.1) is 28.7 Å². The fourth-order valence-corrected chi connectivity index (χ4v) is 5.05. The van der Waals surface area contributed by atoms with Crippen molar-refractivity contribution in [3.8, 4) is 0 Å². The zero-order valence-corrected chi connectivity index (χ0v) is 21.6. The van der Waals surface area contributed by atoms with Gasteiger partial charge in [-0.1, -0.05) is 67.6 Å². The monoisotopic (exact) mass is 560 g/mol. The van der Waals surface area contributed by atoms with E-state index in [0.29, 0.717) is 40.9 Å². The topological polar surface area (TPSA) is 63.4 Å². The van der Waals surface area contributed by atoms with E-state index in [1.807, 2.05) is 6.92 Å². The van der Waals surface area contributed by atoms with E-state index in [0.717, 1.165) is 0 Å². The van der Waals surface area contributed by atoms with Gasteiger partial charge in [0.1, 0.15) is 0 Å². The van der Waals surface area contributed by atoms with Crippen LogP contribution >= 0.6 is 0 Å². The zero-order chi connectivity index (χ0) is 29.4. The average Bonchev–Trinajstić information content (AvgIpc) is 3.02. The number of nitrogens with zero attached hydrogens (tertiary/aromatic N) is 1. The molecule has 0 saturated heterocycles. The quantitative estimate of drug-likeness (QED) is 0.325. The second-order valence-corrected chi connectivity index (χ2v) is 9.63. The maximum absolute atomic E-state index is 14.2. The number of halogens is 6. The Balaban J connectivity index is 2.04. The molecular weight excluding hydrogens is 534 g/mol. The molecule has 0 spiro atoms. The molecule has 0 fully saturated rings. The highest BCUT2D eigenvalue weighted by molar-refractivity contribution is 6.07. The maximum Gasteiger partial charge on any atom is 0.416 e. The van der Waals surface area contributed by atoms with Crippen LogP contribution in [0.25, 0.3) is 5.57 Å². The summed E-state index contributed by atoms with van der Waals surface area (Å²) in [6, 6.07) is 16.3. The molecule has 210 valence electrons. The number of hydrogen-bond acceptors (Lipinski definition) is 2. The first-order chi connectivity index (χ1) is 18.8. The minimum absolute atomic E-state index is 0.0462. The van der Waals surface area contributed by atoms with Crippen LogP contribution in [0, 0.1) is 5.92 Å². The van der Waals surface area contributed by atoms with Gasteiger partial charge < -0.3 is 10.6 Å². The van der Waals surface area contributed by atoms with Gasteiger partial charge in [0.15, 0.2) is 0 Å². The number of benzene rings is 3. The van der Waals surface area contributed by atoms with Crippen LogP contribution in [0.1, 0.15) is 54.0 Å². The SMILES string of the molecule is CC[C@H](C)N1C(=O)C(C(C(N)=O)c2ccc(C(F)(F)F)cc2C(F)(F)F)C=C(c2ccccc2)c2ccccc21. The second-order valence-electron chi connectivity index (χ2n) is 9.63. The highest BCUT2D eigenvalue weighted by Crippen LogP contribution is 2.45. The minimum atomic E-state index is -5.26. The summed E-state index contributed by atoms with van der Waals surface area (Å²) in [5.74, 6) is -5.43. The van der Waals surface area contributed by atoms with Crippen molar-refractivity contribution >= 4 is 23.1 Å². The van der Waals surface area contributed by atoms with Crippen molar-refractivity contribution in [1.82, 2.24) is 0 Å². The Morgan fingerprint density at radius 3 is 2.12 bits per heavy atom. The first kappa shape index (κ1) is 28.9. The van der Waals surface area contributed by atoms with Crippen LogP contribution in [0.2, 0.25) is 0 Å². The number of primary amides is 1. The van der Waals surface area contributed by atoms with Crippen molar-refractivity contribution in [3.05, 3.63) is 107 Å². The van der Waals surface area contributed by atoms with Crippen LogP contribution in [0.4, 0.5) is 32.0 Å². The van der Waals surface area contributed by atoms with Crippen molar-refractivity contribution in [2.24, 2.45) is 11.7 Å². The molecule has 1 aliphatic heterocycles. The second kappa shape index (κ2) is 10.8.